The van der Waals surface area contributed by atoms with Crippen LogP contribution < -0.4 is 0 Å². The van der Waals surface area contributed by atoms with Gasteiger partial charge in [-0.25, -0.2) is 0 Å². The van der Waals surface area contributed by atoms with E-state index in [0.717, 1.165) is 51.6 Å². The van der Waals surface area contributed by atoms with Crippen molar-refractivity contribution in [2.45, 2.75) is 115 Å². The molecule has 0 bridgehead atoms. The summed E-state index contributed by atoms with van der Waals surface area (Å²) in [7, 11) is 0. The fourth-order valence-corrected chi connectivity index (χ4v) is 5.23. The zero-order valence-corrected chi connectivity index (χ0v) is 21.2. The van der Waals surface area contributed by atoms with Crippen molar-refractivity contribution in [1.82, 2.24) is 0 Å². The molecule has 0 aromatic heterocycles. The van der Waals surface area contributed by atoms with E-state index in [4.69, 9.17) is 14.6 Å². The molecule has 0 spiro atoms. The first-order chi connectivity index (χ1) is 16.5. The van der Waals surface area contributed by atoms with Crippen molar-refractivity contribution in [3.8, 4) is 0 Å². The highest BCUT2D eigenvalue weighted by Crippen LogP contribution is 2.40. The van der Waals surface area contributed by atoms with Crippen molar-refractivity contribution in [2.24, 2.45) is 17.8 Å². The number of carboxylic acid groups (broad SMARTS) is 1. The second-order valence-corrected chi connectivity index (χ2v) is 10.0. The average molecular weight is 481 g/mol. The minimum Gasteiger partial charge on any atom is -0.481 e. The maximum absolute atomic E-state index is 10.7. The Hall–Kier alpha value is -1.21. The average Bonchev–Trinajstić information content (AvgIpc) is 3.14. The lowest BCUT2D eigenvalue weighted by molar-refractivity contribution is -0.179. The van der Waals surface area contributed by atoms with Gasteiger partial charge in [-0.3, -0.25) is 4.79 Å². The van der Waals surface area contributed by atoms with Gasteiger partial charge in [-0.15, -0.1) is 0 Å². The summed E-state index contributed by atoms with van der Waals surface area (Å²) in [6.45, 7) is 3.06. The van der Waals surface area contributed by atoms with Crippen LogP contribution in [0.25, 0.3) is 0 Å². The predicted molar refractivity (Wildman–Crippen MR) is 134 cm³/mol. The molecule has 196 valence electrons. The molecule has 2 aliphatic rings. The van der Waals surface area contributed by atoms with E-state index >= 15 is 0 Å². The summed E-state index contributed by atoms with van der Waals surface area (Å²) < 4.78 is 12.2. The molecule has 0 aromatic rings. The fourth-order valence-electron chi connectivity index (χ4n) is 5.23. The summed E-state index contributed by atoms with van der Waals surface area (Å²) in [6.07, 6.45) is 21.0. The number of unbranched alkanes of at least 4 members (excludes halogenated alkanes) is 5. The summed E-state index contributed by atoms with van der Waals surface area (Å²) in [5, 5.41) is 29.4. The van der Waals surface area contributed by atoms with Crippen molar-refractivity contribution in [3.63, 3.8) is 0 Å². The van der Waals surface area contributed by atoms with Gasteiger partial charge in [-0.1, -0.05) is 63.3 Å². The molecule has 34 heavy (non-hydrogen) atoms. The minimum absolute atomic E-state index is 0.00553. The lowest BCUT2D eigenvalue weighted by atomic mass is 9.86. The van der Waals surface area contributed by atoms with Crippen molar-refractivity contribution in [2.75, 3.05) is 13.2 Å². The zero-order valence-electron chi connectivity index (χ0n) is 21.2. The molecule has 1 aliphatic carbocycles. The summed E-state index contributed by atoms with van der Waals surface area (Å²) in [5.74, 6) is -0.563. The third-order valence-corrected chi connectivity index (χ3v) is 7.25. The Kier molecular flexibility index (Phi) is 14.7. The summed E-state index contributed by atoms with van der Waals surface area (Å²) in [5.41, 5.74) is 0. The third-order valence-electron chi connectivity index (χ3n) is 7.25. The van der Waals surface area contributed by atoms with E-state index in [-0.39, 0.29) is 43.2 Å². The number of rotatable bonds is 17. The van der Waals surface area contributed by atoms with Gasteiger partial charge in [-0.2, -0.15) is 0 Å². The van der Waals surface area contributed by atoms with Gasteiger partial charge in [0, 0.05) is 19.6 Å². The molecule has 1 aliphatic heterocycles. The molecule has 1 saturated carbocycles. The van der Waals surface area contributed by atoms with Crippen LogP contribution in [0.15, 0.2) is 24.3 Å². The Bertz CT molecular complexity index is 598. The lowest BCUT2D eigenvalue weighted by Gasteiger charge is -2.27. The first kappa shape index (κ1) is 29.0. The van der Waals surface area contributed by atoms with Crippen molar-refractivity contribution in [1.29, 1.82) is 0 Å². The van der Waals surface area contributed by atoms with Gasteiger partial charge in [0.05, 0.1) is 12.2 Å². The number of aliphatic hydroxyl groups excluding tert-OH is 2. The van der Waals surface area contributed by atoms with E-state index in [1.54, 1.807) is 0 Å². The molecule has 6 atom stereocenters. The lowest BCUT2D eigenvalue weighted by Crippen LogP contribution is -2.27. The van der Waals surface area contributed by atoms with Gasteiger partial charge in [0.2, 0.25) is 0 Å². The van der Waals surface area contributed by atoms with Gasteiger partial charge in [0.1, 0.15) is 0 Å². The number of aliphatic hydroxyl groups is 2. The monoisotopic (exact) mass is 480 g/mol. The van der Waals surface area contributed by atoms with E-state index in [1.807, 2.05) is 6.08 Å². The molecule has 0 radical (unpaired) electrons. The van der Waals surface area contributed by atoms with Crippen molar-refractivity contribution >= 4 is 5.97 Å². The fraction of sp³-hybridized carbons (Fsp3) is 0.821. The van der Waals surface area contributed by atoms with Crippen LogP contribution >= 0.6 is 0 Å². The highest BCUT2D eigenvalue weighted by molar-refractivity contribution is 5.66. The molecule has 0 amide bonds. The first-order valence-electron chi connectivity index (χ1n) is 13.7. The van der Waals surface area contributed by atoms with Crippen LogP contribution in [0.2, 0.25) is 0 Å². The SMILES string of the molecule is CCCCCCCC(/C=C/[C@H]1[C@H](CO)CC(O)[C@@H]1C/C=C\CCCC(=O)O)OC1CCCCO1. The second-order valence-electron chi connectivity index (χ2n) is 10.0. The number of ether oxygens (including phenoxy) is 2. The quantitative estimate of drug-likeness (QED) is 0.185. The number of hydrogen-bond acceptors (Lipinski definition) is 5. The van der Waals surface area contributed by atoms with Crippen molar-refractivity contribution < 1.29 is 29.6 Å². The zero-order chi connectivity index (χ0) is 24.6. The number of carbonyl (C=O) groups is 1. The van der Waals surface area contributed by atoms with Gasteiger partial charge in [0.15, 0.2) is 6.29 Å². The van der Waals surface area contributed by atoms with Gasteiger partial charge < -0.3 is 24.8 Å². The highest BCUT2D eigenvalue weighted by atomic mass is 16.7. The molecule has 6 heteroatoms. The molecule has 2 rings (SSSR count). The van der Waals surface area contributed by atoms with Gasteiger partial charge in [-0.05, 0) is 69.1 Å². The van der Waals surface area contributed by atoms with Crippen LogP contribution in [-0.4, -0.2) is 53.0 Å². The van der Waals surface area contributed by atoms with Gasteiger partial charge >= 0.3 is 5.97 Å². The minimum atomic E-state index is -0.767. The van der Waals surface area contributed by atoms with E-state index in [9.17, 15) is 15.0 Å². The molecule has 0 aromatic carbocycles. The second kappa shape index (κ2) is 17.3. The Labute approximate surface area is 206 Å². The van der Waals surface area contributed by atoms with E-state index in [2.05, 4.69) is 25.2 Å². The highest BCUT2D eigenvalue weighted by Gasteiger charge is 2.40. The smallest absolute Gasteiger partial charge is 0.303 e. The van der Waals surface area contributed by atoms with E-state index in [1.165, 1.54) is 25.7 Å². The molecule has 3 N–H and O–H groups in total. The summed E-state index contributed by atoms with van der Waals surface area (Å²) in [6, 6.07) is 0. The molecule has 1 heterocycles. The molecule has 6 nitrogen and oxygen atoms in total. The summed E-state index contributed by atoms with van der Waals surface area (Å²) in [4.78, 5) is 10.7. The number of hydrogen-bond donors (Lipinski definition) is 3. The predicted octanol–water partition coefficient (Wildman–Crippen LogP) is 5.62. The normalized spacial score (nSPS) is 28.7. The van der Waals surface area contributed by atoms with Crippen molar-refractivity contribution in [3.05, 3.63) is 24.3 Å². The number of allylic oxidation sites excluding steroid dienone is 3. The van der Waals surface area contributed by atoms with E-state index in [0.29, 0.717) is 12.8 Å². The molecule has 2 fully saturated rings. The number of aliphatic carboxylic acids is 1. The Morgan fingerprint density at radius 1 is 1.15 bits per heavy atom. The van der Waals surface area contributed by atoms with Gasteiger partial charge in [0.25, 0.3) is 0 Å². The topological polar surface area (TPSA) is 96.2 Å². The standard InChI is InChI=1S/C28H48O6/c1-2-3-4-5-8-13-23(34-28-16-11-12-19-33-28)17-18-24-22(21-29)20-26(30)25(24)14-9-6-7-10-15-27(31)32/h6,9,17-18,22-26,28-30H,2-5,7-8,10-16,19-21H2,1H3,(H,31,32)/b9-6-,18-17+/t22-,23?,24-,25+,26?,28?/m0/s1. The van der Waals surface area contributed by atoms with Crippen LogP contribution in [0.5, 0.6) is 0 Å². The first-order valence-corrected chi connectivity index (χ1v) is 13.7. The largest absolute Gasteiger partial charge is 0.481 e. The maximum Gasteiger partial charge on any atom is 0.303 e. The third kappa shape index (κ3) is 11.0. The Balaban J connectivity index is 1.96. The Morgan fingerprint density at radius 2 is 1.97 bits per heavy atom. The van der Waals surface area contributed by atoms with Crippen LogP contribution in [0.4, 0.5) is 0 Å². The number of carboxylic acids is 1. The molecule has 1 saturated heterocycles. The molecular formula is C28H48O6. The van der Waals surface area contributed by atoms with Crippen LogP contribution in [0, 0.1) is 17.8 Å². The maximum atomic E-state index is 10.7. The van der Waals surface area contributed by atoms with Crippen LogP contribution in [0.3, 0.4) is 0 Å². The summed E-state index contributed by atoms with van der Waals surface area (Å²) >= 11 is 0. The van der Waals surface area contributed by atoms with Crippen LogP contribution in [-0.2, 0) is 14.3 Å². The Morgan fingerprint density at radius 3 is 2.68 bits per heavy atom. The molecular weight excluding hydrogens is 432 g/mol. The van der Waals surface area contributed by atoms with Crippen LogP contribution in [0.1, 0.15) is 96.8 Å². The molecule has 3 unspecified atom stereocenters. The van der Waals surface area contributed by atoms with E-state index < -0.39 is 12.1 Å².